The zero-order valence-corrected chi connectivity index (χ0v) is 14.5. The van der Waals surface area contributed by atoms with Gasteiger partial charge in [0, 0.05) is 28.7 Å². The van der Waals surface area contributed by atoms with Crippen molar-refractivity contribution in [3.05, 3.63) is 41.0 Å². The second kappa shape index (κ2) is 7.91. The van der Waals surface area contributed by atoms with E-state index in [2.05, 4.69) is 42.8 Å². The summed E-state index contributed by atoms with van der Waals surface area (Å²) in [5.41, 5.74) is 8.27. The Hall–Kier alpha value is -1.16. The summed E-state index contributed by atoms with van der Waals surface area (Å²) in [7, 11) is 0. The number of nitrogens with two attached hydrogens (primary N) is 1. The first-order valence-electron chi connectivity index (χ1n) is 8.10. The van der Waals surface area contributed by atoms with Crippen LogP contribution in [0.3, 0.4) is 0 Å². The molecule has 1 aromatic carbocycles. The van der Waals surface area contributed by atoms with Crippen LogP contribution >= 0.6 is 11.6 Å². The standard InChI is InChI=1S/C18H26ClN3/c1-4-22(5-2)18(9-6-13(3)20)16-10-11-21-17-12-14(19)7-8-15(16)17/h7-8,10-13,18H,4-6,9,20H2,1-3H3. The lowest BCUT2D eigenvalue weighted by Crippen LogP contribution is -2.30. The minimum absolute atomic E-state index is 0.223. The van der Waals surface area contributed by atoms with Crippen molar-refractivity contribution in [2.45, 2.75) is 45.7 Å². The van der Waals surface area contributed by atoms with Crippen molar-refractivity contribution in [3.63, 3.8) is 0 Å². The molecule has 2 N–H and O–H groups in total. The van der Waals surface area contributed by atoms with Crippen LogP contribution < -0.4 is 5.73 Å². The van der Waals surface area contributed by atoms with Gasteiger partial charge in [0.2, 0.25) is 0 Å². The van der Waals surface area contributed by atoms with Crippen LogP contribution in [-0.2, 0) is 0 Å². The van der Waals surface area contributed by atoms with Crippen LogP contribution in [0.2, 0.25) is 5.02 Å². The Morgan fingerprint density at radius 3 is 2.55 bits per heavy atom. The summed E-state index contributed by atoms with van der Waals surface area (Å²) < 4.78 is 0. The van der Waals surface area contributed by atoms with Gasteiger partial charge in [0.05, 0.1) is 5.52 Å². The van der Waals surface area contributed by atoms with Gasteiger partial charge in [-0.3, -0.25) is 9.88 Å². The molecule has 2 atom stereocenters. The molecule has 4 heteroatoms. The zero-order chi connectivity index (χ0) is 16.1. The van der Waals surface area contributed by atoms with Crippen LogP contribution in [0.15, 0.2) is 30.5 Å². The molecule has 0 aliphatic carbocycles. The molecular formula is C18H26ClN3. The topological polar surface area (TPSA) is 42.1 Å². The van der Waals surface area contributed by atoms with Gasteiger partial charge in [-0.15, -0.1) is 0 Å². The SMILES string of the molecule is CCN(CC)C(CCC(C)N)c1ccnc2cc(Cl)ccc12. The summed E-state index contributed by atoms with van der Waals surface area (Å²) in [6.45, 7) is 8.55. The highest BCUT2D eigenvalue weighted by Crippen LogP contribution is 2.32. The van der Waals surface area contributed by atoms with Gasteiger partial charge in [-0.25, -0.2) is 0 Å². The summed E-state index contributed by atoms with van der Waals surface area (Å²) in [5.74, 6) is 0. The number of pyridine rings is 1. The lowest BCUT2D eigenvalue weighted by atomic mass is 9.95. The molecule has 1 aromatic heterocycles. The first-order valence-corrected chi connectivity index (χ1v) is 8.48. The third-order valence-electron chi connectivity index (χ3n) is 4.25. The van der Waals surface area contributed by atoms with Crippen molar-refractivity contribution >= 4 is 22.5 Å². The van der Waals surface area contributed by atoms with E-state index >= 15 is 0 Å². The third-order valence-corrected chi connectivity index (χ3v) is 4.48. The highest BCUT2D eigenvalue weighted by atomic mass is 35.5. The maximum atomic E-state index is 6.10. The van der Waals surface area contributed by atoms with Crippen molar-refractivity contribution < 1.29 is 0 Å². The second-order valence-electron chi connectivity index (χ2n) is 5.85. The number of hydrogen-bond acceptors (Lipinski definition) is 3. The Kier molecular flexibility index (Phi) is 6.18. The largest absolute Gasteiger partial charge is 0.328 e. The van der Waals surface area contributed by atoms with E-state index in [0.717, 1.165) is 36.5 Å². The molecule has 22 heavy (non-hydrogen) atoms. The summed E-state index contributed by atoms with van der Waals surface area (Å²) in [6.07, 6.45) is 3.95. The number of nitrogens with zero attached hydrogens (tertiary/aromatic N) is 2. The van der Waals surface area contributed by atoms with E-state index in [4.69, 9.17) is 17.3 Å². The monoisotopic (exact) mass is 319 g/mol. The molecule has 0 aliphatic rings. The van der Waals surface area contributed by atoms with Gasteiger partial charge in [0.25, 0.3) is 0 Å². The molecule has 0 spiro atoms. The minimum atomic E-state index is 0.223. The lowest BCUT2D eigenvalue weighted by molar-refractivity contribution is 0.204. The molecule has 0 radical (unpaired) electrons. The third kappa shape index (κ3) is 3.97. The van der Waals surface area contributed by atoms with Gasteiger partial charge >= 0.3 is 0 Å². The molecule has 2 unspecified atom stereocenters. The number of aromatic nitrogens is 1. The molecule has 120 valence electrons. The number of rotatable bonds is 7. The second-order valence-corrected chi connectivity index (χ2v) is 6.29. The molecule has 0 amide bonds. The number of benzene rings is 1. The smallest absolute Gasteiger partial charge is 0.0720 e. The Bertz CT molecular complexity index is 608. The highest BCUT2D eigenvalue weighted by Gasteiger charge is 2.20. The Morgan fingerprint density at radius 1 is 1.18 bits per heavy atom. The molecule has 1 heterocycles. The van der Waals surface area contributed by atoms with Crippen LogP contribution in [0, 0.1) is 0 Å². The molecule has 2 aromatic rings. The quantitative estimate of drug-likeness (QED) is 0.822. The zero-order valence-electron chi connectivity index (χ0n) is 13.7. The maximum Gasteiger partial charge on any atom is 0.0720 e. The van der Waals surface area contributed by atoms with Crippen molar-refractivity contribution in [2.75, 3.05) is 13.1 Å². The van der Waals surface area contributed by atoms with Crippen LogP contribution in [-0.4, -0.2) is 29.0 Å². The Balaban J connectivity index is 2.45. The molecule has 0 bridgehead atoms. The fourth-order valence-electron chi connectivity index (χ4n) is 3.05. The van der Waals surface area contributed by atoms with E-state index in [1.165, 1.54) is 10.9 Å². The van der Waals surface area contributed by atoms with Crippen molar-refractivity contribution in [1.82, 2.24) is 9.88 Å². The van der Waals surface area contributed by atoms with Crippen LogP contribution in [0.4, 0.5) is 0 Å². The number of hydrogen-bond donors (Lipinski definition) is 1. The molecule has 0 fully saturated rings. The predicted octanol–water partition coefficient (Wildman–Crippen LogP) is 4.40. The predicted molar refractivity (Wildman–Crippen MR) is 95.3 cm³/mol. The van der Waals surface area contributed by atoms with Crippen LogP contribution in [0.25, 0.3) is 10.9 Å². The van der Waals surface area contributed by atoms with E-state index in [1.807, 2.05) is 18.3 Å². The Labute approximate surface area is 138 Å². The molecule has 0 aliphatic heterocycles. The summed E-state index contributed by atoms with van der Waals surface area (Å²) >= 11 is 6.10. The van der Waals surface area contributed by atoms with E-state index in [9.17, 15) is 0 Å². The molecular weight excluding hydrogens is 294 g/mol. The number of fused-ring (bicyclic) bond motifs is 1. The summed E-state index contributed by atoms with van der Waals surface area (Å²) in [4.78, 5) is 6.96. The van der Waals surface area contributed by atoms with Gasteiger partial charge in [-0.05, 0) is 56.6 Å². The first-order chi connectivity index (χ1) is 10.6. The molecule has 2 rings (SSSR count). The summed E-state index contributed by atoms with van der Waals surface area (Å²) in [5, 5.41) is 1.92. The average Bonchev–Trinajstić information content (AvgIpc) is 2.50. The van der Waals surface area contributed by atoms with Crippen LogP contribution in [0.1, 0.15) is 45.2 Å². The fourth-order valence-corrected chi connectivity index (χ4v) is 3.22. The normalized spacial score (nSPS) is 14.5. The lowest BCUT2D eigenvalue weighted by Gasteiger charge is -2.31. The van der Waals surface area contributed by atoms with Gasteiger partial charge in [-0.2, -0.15) is 0 Å². The van der Waals surface area contributed by atoms with Crippen molar-refractivity contribution in [2.24, 2.45) is 5.73 Å². The van der Waals surface area contributed by atoms with Gasteiger partial charge < -0.3 is 5.73 Å². The van der Waals surface area contributed by atoms with Gasteiger partial charge in [0.1, 0.15) is 0 Å². The highest BCUT2D eigenvalue weighted by molar-refractivity contribution is 6.31. The fraction of sp³-hybridized carbons (Fsp3) is 0.500. The van der Waals surface area contributed by atoms with E-state index in [-0.39, 0.29) is 6.04 Å². The molecule has 3 nitrogen and oxygen atoms in total. The molecule has 0 saturated heterocycles. The Morgan fingerprint density at radius 2 is 1.91 bits per heavy atom. The maximum absolute atomic E-state index is 6.10. The van der Waals surface area contributed by atoms with Crippen molar-refractivity contribution in [3.8, 4) is 0 Å². The van der Waals surface area contributed by atoms with E-state index in [1.54, 1.807) is 0 Å². The van der Waals surface area contributed by atoms with E-state index < -0.39 is 0 Å². The van der Waals surface area contributed by atoms with Gasteiger partial charge in [-0.1, -0.05) is 31.5 Å². The minimum Gasteiger partial charge on any atom is -0.328 e. The van der Waals surface area contributed by atoms with Crippen molar-refractivity contribution in [1.29, 1.82) is 0 Å². The van der Waals surface area contributed by atoms with E-state index in [0.29, 0.717) is 6.04 Å². The van der Waals surface area contributed by atoms with Crippen LogP contribution in [0.5, 0.6) is 0 Å². The summed E-state index contributed by atoms with van der Waals surface area (Å²) in [6, 6.07) is 8.70. The van der Waals surface area contributed by atoms with Gasteiger partial charge in [0.15, 0.2) is 0 Å². The number of halogens is 1. The first kappa shape index (κ1) is 17.2. The average molecular weight is 320 g/mol. The molecule has 0 saturated carbocycles.